The number of carbonyl (C=O) groups excluding carboxylic acids is 1. The summed E-state index contributed by atoms with van der Waals surface area (Å²) < 4.78 is 28.8. The highest BCUT2D eigenvalue weighted by atomic mass is 32.2. The Morgan fingerprint density at radius 2 is 1.52 bits per heavy atom. The van der Waals surface area contributed by atoms with Gasteiger partial charge in [-0.1, -0.05) is 28.7 Å². The largest absolute Gasteiger partial charge is 0.372 e. The Hall–Kier alpha value is -3.56. The second kappa shape index (κ2) is 14.9. The molecule has 0 atom stereocenters. The highest BCUT2D eigenvalue weighted by Gasteiger charge is 2.29. The van der Waals surface area contributed by atoms with E-state index in [0.29, 0.717) is 17.0 Å². The lowest BCUT2D eigenvalue weighted by atomic mass is 9.84. The number of carbonyl (C=O) groups is 1. The van der Waals surface area contributed by atoms with Crippen molar-refractivity contribution in [1.29, 1.82) is 0 Å². The summed E-state index contributed by atoms with van der Waals surface area (Å²) in [6, 6.07) is 22.4. The molecule has 0 radical (unpaired) electrons. The number of benzene rings is 3. The van der Waals surface area contributed by atoms with E-state index in [1.165, 1.54) is 51.0 Å². The molecule has 0 aromatic heterocycles. The van der Waals surface area contributed by atoms with Crippen LogP contribution in [0, 0.1) is 5.92 Å². The van der Waals surface area contributed by atoms with Crippen LogP contribution in [0.4, 0.5) is 11.4 Å². The van der Waals surface area contributed by atoms with E-state index in [2.05, 4.69) is 29.0 Å². The van der Waals surface area contributed by atoms with Gasteiger partial charge in [0, 0.05) is 36.4 Å². The minimum absolute atomic E-state index is 0.0383. The number of nitrogens with one attached hydrogen (secondary N) is 1. The highest BCUT2D eigenvalue weighted by Crippen LogP contribution is 2.30. The molecule has 3 aromatic rings. The second-order valence-corrected chi connectivity index (χ2v) is 13.6. The first-order valence-electron chi connectivity index (χ1n) is 16.1. The topological polar surface area (TPSA) is 82.2 Å². The number of para-hydroxylation sites is 1. The van der Waals surface area contributed by atoms with E-state index < -0.39 is 10.0 Å². The van der Waals surface area contributed by atoms with Gasteiger partial charge in [-0.3, -0.25) is 4.79 Å². The van der Waals surface area contributed by atoms with Crippen LogP contribution in [0.2, 0.25) is 0 Å². The Balaban J connectivity index is 1.24. The van der Waals surface area contributed by atoms with Crippen molar-refractivity contribution in [2.24, 2.45) is 5.92 Å². The van der Waals surface area contributed by atoms with Crippen LogP contribution in [0.3, 0.4) is 0 Å². The van der Waals surface area contributed by atoms with Crippen molar-refractivity contribution >= 4 is 27.3 Å². The maximum Gasteiger partial charge on any atom is 0.295 e. The monoisotopic (exact) mass is 618 g/mol. The zero-order valence-electron chi connectivity index (χ0n) is 26.0. The molecule has 1 amide bonds. The molecule has 2 fully saturated rings. The molecule has 44 heavy (non-hydrogen) atoms. The summed E-state index contributed by atoms with van der Waals surface area (Å²) in [5.74, 6) is 0.977. The smallest absolute Gasteiger partial charge is 0.295 e. The fourth-order valence-electron chi connectivity index (χ4n) is 6.32. The third-order valence-corrected chi connectivity index (χ3v) is 10.6. The van der Waals surface area contributed by atoms with Gasteiger partial charge in [0.2, 0.25) is 0 Å². The van der Waals surface area contributed by atoms with Gasteiger partial charge in [0.25, 0.3) is 15.9 Å². The van der Waals surface area contributed by atoms with E-state index in [-0.39, 0.29) is 16.8 Å². The van der Waals surface area contributed by atoms with Gasteiger partial charge in [-0.05, 0) is 133 Å². The first kappa shape index (κ1) is 31.9. The highest BCUT2D eigenvalue weighted by molar-refractivity contribution is 7.92. The van der Waals surface area contributed by atoms with Crippen molar-refractivity contribution in [2.45, 2.75) is 69.7 Å². The maximum absolute atomic E-state index is 13.9. The van der Waals surface area contributed by atoms with Gasteiger partial charge in [-0.15, -0.1) is 0 Å². The summed E-state index contributed by atoms with van der Waals surface area (Å²) in [4.78, 5) is 23.9. The van der Waals surface area contributed by atoms with Crippen LogP contribution in [0.5, 0.6) is 5.75 Å². The Morgan fingerprint density at radius 1 is 0.864 bits per heavy atom. The number of rotatable bonds is 13. The SMILES string of the molecule is CCN(CC)c1cccc(ON(c2ccccc2)S(=O)(=O)c2ccc(C(=O)NC3CCC(CCN4CCCC4)CC3)cc2)c1. The van der Waals surface area contributed by atoms with Crippen molar-refractivity contribution in [1.82, 2.24) is 10.2 Å². The Morgan fingerprint density at radius 3 is 2.18 bits per heavy atom. The van der Waals surface area contributed by atoms with Crippen LogP contribution in [0.1, 0.15) is 69.2 Å². The lowest BCUT2D eigenvalue weighted by Crippen LogP contribution is -2.38. The quantitative estimate of drug-likeness (QED) is 0.220. The summed E-state index contributed by atoms with van der Waals surface area (Å²) in [5.41, 5.74) is 1.77. The minimum Gasteiger partial charge on any atom is -0.372 e. The van der Waals surface area contributed by atoms with Gasteiger partial charge in [-0.25, -0.2) is 0 Å². The molecule has 0 spiro atoms. The van der Waals surface area contributed by atoms with Crippen LogP contribution in [0.25, 0.3) is 0 Å². The summed E-state index contributed by atoms with van der Waals surface area (Å²) in [6.07, 6.45) is 8.17. The molecule has 2 aliphatic rings. The summed E-state index contributed by atoms with van der Waals surface area (Å²) in [7, 11) is -4.12. The predicted molar refractivity (Wildman–Crippen MR) is 177 cm³/mol. The fraction of sp³-hybridized carbons (Fsp3) is 0.457. The number of hydrogen-bond donors (Lipinski definition) is 1. The van der Waals surface area contributed by atoms with Crippen molar-refractivity contribution in [2.75, 3.05) is 42.1 Å². The average molecular weight is 619 g/mol. The minimum atomic E-state index is -4.12. The first-order valence-corrected chi connectivity index (χ1v) is 17.6. The third-order valence-electron chi connectivity index (χ3n) is 8.97. The van der Waals surface area contributed by atoms with Crippen LogP contribution in [-0.2, 0) is 10.0 Å². The average Bonchev–Trinajstić information content (AvgIpc) is 3.58. The second-order valence-electron chi connectivity index (χ2n) is 11.9. The molecule has 1 N–H and O–H groups in total. The summed E-state index contributed by atoms with van der Waals surface area (Å²) >= 11 is 0. The van der Waals surface area contributed by atoms with E-state index in [1.807, 2.05) is 24.3 Å². The fourth-order valence-corrected chi connectivity index (χ4v) is 7.58. The first-order chi connectivity index (χ1) is 21.4. The number of likely N-dealkylation sites (tertiary alicyclic amines) is 1. The summed E-state index contributed by atoms with van der Waals surface area (Å²) in [6.45, 7) is 9.47. The number of nitrogens with zero attached hydrogens (tertiary/aromatic N) is 3. The van der Waals surface area contributed by atoms with Crippen molar-refractivity contribution in [3.8, 4) is 5.75 Å². The molecule has 9 heteroatoms. The predicted octanol–water partition coefficient (Wildman–Crippen LogP) is 6.50. The molecule has 5 rings (SSSR count). The number of sulfonamides is 1. The molecule has 0 bridgehead atoms. The molecular weight excluding hydrogens is 572 g/mol. The van der Waals surface area contributed by atoms with Crippen molar-refractivity contribution < 1.29 is 18.0 Å². The van der Waals surface area contributed by atoms with Gasteiger partial charge in [0.15, 0.2) is 5.75 Å². The molecule has 236 valence electrons. The van der Waals surface area contributed by atoms with Gasteiger partial charge in [0.05, 0.1) is 10.6 Å². The number of hydrogen-bond acceptors (Lipinski definition) is 6. The Kier molecular flexibility index (Phi) is 10.8. The zero-order chi connectivity index (χ0) is 30.9. The molecule has 8 nitrogen and oxygen atoms in total. The van der Waals surface area contributed by atoms with Gasteiger partial charge in [-0.2, -0.15) is 8.42 Å². The third kappa shape index (κ3) is 7.93. The molecule has 1 saturated carbocycles. The molecule has 1 heterocycles. The lowest BCUT2D eigenvalue weighted by molar-refractivity contribution is 0.0920. The van der Waals surface area contributed by atoms with Crippen LogP contribution in [0.15, 0.2) is 83.8 Å². The van der Waals surface area contributed by atoms with E-state index in [9.17, 15) is 13.2 Å². The van der Waals surface area contributed by atoms with E-state index in [4.69, 9.17) is 4.84 Å². The molecule has 1 aliphatic carbocycles. The van der Waals surface area contributed by atoms with E-state index >= 15 is 0 Å². The number of anilines is 2. The Labute approximate surface area is 263 Å². The lowest BCUT2D eigenvalue weighted by Gasteiger charge is -2.30. The van der Waals surface area contributed by atoms with Crippen LogP contribution in [-0.4, -0.2) is 58.0 Å². The van der Waals surface area contributed by atoms with E-state index in [0.717, 1.165) is 54.8 Å². The molecular formula is C35H46N4O4S. The van der Waals surface area contributed by atoms with E-state index in [1.54, 1.807) is 42.5 Å². The van der Waals surface area contributed by atoms with Crippen molar-refractivity contribution in [3.05, 3.63) is 84.4 Å². The van der Waals surface area contributed by atoms with Crippen LogP contribution >= 0.6 is 0 Å². The molecule has 1 aliphatic heterocycles. The standard InChI is InChI=1S/C35H46N4O4S/c1-3-38(4-2)32-13-10-14-33(27-32)43-39(31-11-6-5-7-12-31)44(41,42)34-21-17-29(18-22-34)35(40)36-30-19-15-28(16-20-30)23-26-37-24-8-9-25-37/h5-7,10-14,17-18,21-22,27-28,30H,3-4,8-9,15-16,19-20,23-26H2,1-2H3,(H,36,40). The molecule has 1 saturated heterocycles. The Bertz CT molecular complexity index is 1450. The van der Waals surface area contributed by atoms with Crippen molar-refractivity contribution in [3.63, 3.8) is 0 Å². The summed E-state index contributed by atoms with van der Waals surface area (Å²) in [5, 5.41) is 3.18. The van der Waals surface area contributed by atoms with Gasteiger partial charge < -0.3 is 20.0 Å². The van der Waals surface area contributed by atoms with Gasteiger partial charge >= 0.3 is 0 Å². The van der Waals surface area contributed by atoms with Gasteiger partial charge in [0.1, 0.15) is 0 Å². The zero-order valence-corrected chi connectivity index (χ0v) is 26.8. The normalized spacial score (nSPS) is 19.0. The molecule has 0 unspecified atom stereocenters. The number of amides is 1. The maximum atomic E-state index is 13.9. The molecule has 3 aromatic carbocycles. The van der Waals surface area contributed by atoms with Crippen LogP contribution < -0.4 is 19.5 Å².